The van der Waals surface area contributed by atoms with Gasteiger partial charge in [0.2, 0.25) is 0 Å². The SMILES string of the molecule is CSCc1nc(CCN[C@@H]2CCOC3(CCOCC3)C2)cs1. The lowest BCUT2D eigenvalue weighted by atomic mass is 9.84. The van der Waals surface area contributed by atoms with E-state index in [1.165, 1.54) is 10.7 Å². The zero-order valence-corrected chi connectivity index (χ0v) is 14.9. The number of rotatable bonds is 6. The molecule has 1 N–H and O–H groups in total. The smallest absolute Gasteiger partial charge is 0.103 e. The van der Waals surface area contributed by atoms with Crippen LogP contribution in [0.25, 0.3) is 0 Å². The van der Waals surface area contributed by atoms with Crippen LogP contribution in [-0.2, 0) is 21.6 Å². The normalized spacial score (nSPS) is 24.7. The molecule has 0 aliphatic carbocycles. The average molecular weight is 343 g/mol. The standard InChI is InChI=1S/C16H26N2O2S2/c1-21-12-15-18-14(11-22-15)2-6-17-13-3-7-20-16(10-13)4-8-19-9-5-16/h11,13,17H,2-10,12H2,1H3/t13-/m1/s1. The van der Waals surface area contributed by atoms with Gasteiger partial charge in [0.1, 0.15) is 5.01 Å². The Labute approximate surface area is 141 Å². The maximum absolute atomic E-state index is 6.10. The van der Waals surface area contributed by atoms with Gasteiger partial charge < -0.3 is 14.8 Å². The fraction of sp³-hybridized carbons (Fsp3) is 0.812. The molecule has 2 aliphatic heterocycles. The lowest BCUT2D eigenvalue weighted by Gasteiger charge is -2.43. The first-order valence-electron chi connectivity index (χ1n) is 8.17. The maximum Gasteiger partial charge on any atom is 0.103 e. The highest BCUT2D eigenvalue weighted by atomic mass is 32.2. The van der Waals surface area contributed by atoms with E-state index in [-0.39, 0.29) is 5.60 Å². The summed E-state index contributed by atoms with van der Waals surface area (Å²) in [6, 6.07) is 0.580. The fourth-order valence-electron chi connectivity index (χ4n) is 3.35. The molecule has 3 rings (SSSR count). The quantitative estimate of drug-likeness (QED) is 0.861. The molecule has 1 aromatic rings. The molecule has 0 saturated carbocycles. The van der Waals surface area contributed by atoms with Crippen LogP contribution in [0.3, 0.4) is 0 Å². The van der Waals surface area contributed by atoms with Gasteiger partial charge in [0.15, 0.2) is 0 Å². The Morgan fingerprint density at radius 1 is 1.41 bits per heavy atom. The first-order valence-corrected chi connectivity index (χ1v) is 10.4. The summed E-state index contributed by atoms with van der Waals surface area (Å²) in [6.45, 7) is 3.60. The van der Waals surface area contributed by atoms with Crippen molar-refractivity contribution in [1.82, 2.24) is 10.3 Å². The third-order valence-electron chi connectivity index (χ3n) is 4.58. The Kier molecular flexibility index (Phi) is 6.16. The summed E-state index contributed by atoms with van der Waals surface area (Å²) in [5.74, 6) is 1.03. The lowest BCUT2D eigenvalue weighted by Crippen LogP contribution is -2.50. The predicted molar refractivity (Wildman–Crippen MR) is 92.8 cm³/mol. The second kappa shape index (κ2) is 8.11. The van der Waals surface area contributed by atoms with E-state index in [1.807, 2.05) is 11.8 Å². The molecule has 3 heterocycles. The molecule has 0 aromatic carbocycles. The van der Waals surface area contributed by atoms with Gasteiger partial charge in [-0.15, -0.1) is 11.3 Å². The highest BCUT2D eigenvalue weighted by Gasteiger charge is 2.38. The van der Waals surface area contributed by atoms with Gasteiger partial charge in [0, 0.05) is 50.0 Å². The molecule has 2 aliphatic rings. The van der Waals surface area contributed by atoms with Crippen LogP contribution >= 0.6 is 23.1 Å². The van der Waals surface area contributed by atoms with Crippen LogP contribution in [0.4, 0.5) is 0 Å². The van der Waals surface area contributed by atoms with Crippen molar-refractivity contribution in [2.24, 2.45) is 0 Å². The van der Waals surface area contributed by atoms with Gasteiger partial charge in [-0.3, -0.25) is 0 Å². The second-order valence-electron chi connectivity index (χ2n) is 6.20. The van der Waals surface area contributed by atoms with Gasteiger partial charge in [-0.2, -0.15) is 11.8 Å². The first kappa shape index (κ1) is 16.7. The summed E-state index contributed by atoms with van der Waals surface area (Å²) in [7, 11) is 0. The van der Waals surface area contributed by atoms with Crippen molar-refractivity contribution in [2.75, 3.05) is 32.6 Å². The summed E-state index contributed by atoms with van der Waals surface area (Å²) < 4.78 is 11.6. The summed E-state index contributed by atoms with van der Waals surface area (Å²) in [5.41, 5.74) is 1.31. The molecule has 0 bridgehead atoms. The molecule has 1 aromatic heterocycles. The number of nitrogens with zero attached hydrogens (tertiary/aromatic N) is 1. The van der Waals surface area contributed by atoms with Crippen LogP contribution in [0.5, 0.6) is 0 Å². The number of hydrogen-bond acceptors (Lipinski definition) is 6. The molecule has 2 saturated heterocycles. The zero-order valence-electron chi connectivity index (χ0n) is 13.3. The van der Waals surface area contributed by atoms with E-state index in [1.54, 1.807) is 11.3 Å². The van der Waals surface area contributed by atoms with Crippen molar-refractivity contribution < 1.29 is 9.47 Å². The molecule has 1 atom stereocenters. The van der Waals surface area contributed by atoms with Crippen molar-refractivity contribution in [3.63, 3.8) is 0 Å². The number of thioether (sulfide) groups is 1. The van der Waals surface area contributed by atoms with Gasteiger partial charge in [0.05, 0.1) is 11.3 Å². The highest BCUT2D eigenvalue weighted by molar-refractivity contribution is 7.97. The average Bonchev–Trinajstić information content (AvgIpc) is 2.96. The minimum Gasteiger partial charge on any atom is -0.381 e. The van der Waals surface area contributed by atoms with E-state index in [0.717, 1.165) is 64.2 Å². The van der Waals surface area contributed by atoms with E-state index in [0.29, 0.717) is 6.04 Å². The fourth-order valence-corrected chi connectivity index (χ4v) is 4.90. The number of thiazole rings is 1. The minimum absolute atomic E-state index is 0.0836. The number of ether oxygens (including phenoxy) is 2. The van der Waals surface area contributed by atoms with E-state index >= 15 is 0 Å². The Morgan fingerprint density at radius 3 is 3.09 bits per heavy atom. The summed E-state index contributed by atoms with van der Waals surface area (Å²) in [5, 5.41) is 7.17. The van der Waals surface area contributed by atoms with Crippen molar-refractivity contribution in [1.29, 1.82) is 0 Å². The molecule has 2 fully saturated rings. The first-order chi connectivity index (χ1) is 10.8. The largest absolute Gasteiger partial charge is 0.381 e. The third-order valence-corrected chi connectivity index (χ3v) is 6.22. The monoisotopic (exact) mass is 342 g/mol. The summed E-state index contributed by atoms with van der Waals surface area (Å²) in [6.07, 6.45) is 7.51. The molecular formula is C16H26N2O2S2. The molecule has 124 valence electrons. The lowest BCUT2D eigenvalue weighted by molar-refractivity contribution is -0.140. The molecule has 4 nitrogen and oxygen atoms in total. The molecule has 1 spiro atoms. The van der Waals surface area contributed by atoms with Crippen molar-refractivity contribution in [2.45, 2.75) is 49.5 Å². The van der Waals surface area contributed by atoms with Crippen LogP contribution in [0.1, 0.15) is 36.4 Å². The molecular weight excluding hydrogens is 316 g/mol. The van der Waals surface area contributed by atoms with Crippen LogP contribution < -0.4 is 5.32 Å². The summed E-state index contributed by atoms with van der Waals surface area (Å²) in [4.78, 5) is 4.68. The van der Waals surface area contributed by atoms with Gasteiger partial charge in [0.25, 0.3) is 0 Å². The molecule has 0 unspecified atom stereocenters. The number of nitrogens with one attached hydrogen (secondary N) is 1. The highest BCUT2D eigenvalue weighted by Crippen LogP contribution is 2.34. The minimum atomic E-state index is 0.0836. The van der Waals surface area contributed by atoms with E-state index in [4.69, 9.17) is 9.47 Å². The molecule has 22 heavy (non-hydrogen) atoms. The van der Waals surface area contributed by atoms with Gasteiger partial charge in [-0.05, 0) is 31.9 Å². The third kappa shape index (κ3) is 4.45. The van der Waals surface area contributed by atoms with Crippen LogP contribution in [-0.4, -0.2) is 49.2 Å². The van der Waals surface area contributed by atoms with Crippen molar-refractivity contribution in [3.05, 3.63) is 16.1 Å². The Balaban J connectivity index is 1.42. The Hall–Kier alpha value is -0.140. The molecule has 6 heteroatoms. The summed E-state index contributed by atoms with van der Waals surface area (Å²) >= 11 is 3.62. The molecule has 0 amide bonds. The Bertz CT molecular complexity index is 455. The van der Waals surface area contributed by atoms with Crippen LogP contribution in [0, 0.1) is 0 Å². The van der Waals surface area contributed by atoms with Crippen LogP contribution in [0.15, 0.2) is 5.38 Å². The maximum atomic E-state index is 6.10. The van der Waals surface area contributed by atoms with E-state index in [9.17, 15) is 0 Å². The van der Waals surface area contributed by atoms with E-state index in [2.05, 4.69) is 21.9 Å². The van der Waals surface area contributed by atoms with E-state index < -0.39 is 0 Å². The van der Waals surface area contributed by atoms with Gasteiger partial charge in [-0.1, -0.05) is 0 Å². The predicted octanol–water partition coefficient (Wildman–Crippen LogP) is 2.87. The van der Waals surface area contributed by atoms with Crippen LogP contribution in [0.2, 0.25) is 0 Å². The van der Waals surface area contributed by atoms with Gasteiger partial charge in [-0.25, -0.2) is 4.98 Å². The Morgan fingerprint density at radius 2 is 2.27 bits per heavy atom. The number of hydrogen-bond donors (Lipinski definition) is 1. The van der Waals surface area contributed by atoms with Crippen molar-refractivity contribution in [3.8, 4) is 0 Å². The van der Waals surface area contributed by atoms with Gasteiger partial charge >= 0.3 is 0 Å². The second-order valence-corrected chi connectivity index (χ2v) is 8.01. The zero-order chi connectivity index (χ0) is 15.3. The number of aromatic nitrogens is 1. The molecule has 0 radical (unpaired) electrons. The van der Waals surface area contributed by atoms with Crippen molar-refractivity contribution >= 4 is 23.1 Å². The topological polar surface area (TPSA) is 43.4 Å².